The predicted octanol–water partition coefficient (Wildman–Crippen LogP) is 0.00360. The molecule has 0 aromatic carbocycles. The zero-order valence-electron chi connectivity index (χ0n) is 12.4. The van der Waals surface area contributed by atoms with Crippen LogP contribution in [0.4, 0.5) is 13.2 Å². The van der Waals surface area contributed by atoms with E-state index in [-0.39, 0.29) is 6.61 Å². The van der Waals surface area contributed by atoms with Crippen molar-refractivity contribution in [3.63, 3.8) is 0 Å². The number of piperazine rings is 1. The van der Waals surface area contributed by atoms with Gasteiger partial charge in [0.25, 0.3) is 5.56 Å². The van der Waals surface area contributed by atoms with Gasteiger partial charge >= 0.3 is 6.18 Å². The summed E-state index contributed by atoms with van der Waals surface area (Å²) in [4.78, 5) is 27.3. The van der Waals surface area contributed by atoms with Crippen molar-refractivity contribution in [1.82, 2.24) is 14.4 Å². The molecule has 1 N–H and O–H groups in total. The number of pyridine rings is 1. The van der Waals surface area contributed by atoms with Gasteiger partial charge in [-0.1, -0.05) is 0 Å². The Morgan fingerprint density at radius 3 is 2.39 bits per heavy atom. The molecule has 9 heteroatoms. The van der Waals surface area contributed by atoms with Gasteiger partial charge in [-0.3, -0.25) is 14.5 Å². The Morgan fingerprint density at radius 1 is 1.17 bits per heavy atom. The summed E-state index contributed by atoms with van der Waals surface area (Å²) in [6.07, 6.45) is -3.89. The number of carbonyl (C=O) groups is 1. The molecule has 1 aromatic heterocycles. The van der Waals surface area contributed by atoms with Crippen LogP contribution in [0.2, 0.25) is 0 Å². The molecule has 1 fully saturated rings. The molecule has 1 saturated heterocycles. The first kappa shape index (κ1) is 17.5. The minimum Gasteiger partial charge on any atom is -0.395 e. The third-order valence-electron chi connectivity index (χ3n) is 3.76. The zero-order valence-corrected chi connectivity index (χ0v) is 12.4. The molecule has 1 aromatic rings. The van der Waals surface area contributed by atoms with Gasteiger partial charge in [0, 0.05) is 45.0 Å². The van der Waals surface area contributed by atoms with Crippen LogP contribution in [0.5, 0.6) is 0 Å². The molecule has 1 aliphatic rings. The van der Waals surface area contributed by atoms with Gasteiger partial charge in [0.2, 0.25) is 5.91 Å². The van der Waals surface area contributed by atoms with Crippen molar-refractivity contribution in [3.8, 4) is 0 Å². The Balaban J connectivity index is 2.02. The fraction of sp³-hybridized carbons (Fsp3) is 0.571. The van der Waals surface area contributed by atoms with Gasteiger partial charge in [-0.05, 0) is 6.07 Å². The van der Waals surface area contributed by atoms with E-state index in [9.17, 15) is 22.8 Å². The van der Waals surface area contributed by atoms with Crippen molar-refractivity contribution in [2.24, 2.45) is 0 Å². The molecule has 0 unspecified atom stereocenters. The zero-order chi connectivity index (χ0) is 17.0. The molecule has 0 saturated carbocycles. The SMILES string of the molecule is O=C(Cn1cc(C(F)(F)F)ccc1=O)N1CCN(CCO)CC1. The number of hydrogen-bond acceptors (Lipinski definition) is 4. The van der Waals surface area contributed by atoms with E-state index in [2.05, 4.69) is 0 Å². The van der Waals surface area contributed by atoms with E-state index in [1.54, 1.807) is 0 Å². The fourth-order valence-electron chi connectivity index (χ4n) is 2.43. The summed E-state index contributed by atoms with van der Waals surface area (Å²) >= 11 is 0. The molecular weight excluding hydrogens is 315 g/mol. The molecule has 6 nitrogen and oxygen atoms in total. The molecule has 128 valence electrons. The van der Waals surface area contributed by atoms with E-state index < -0.39 is 29.8 Å². The maximum atomic E-state index is 12.7. The lowest BCUT2D eigenvalue weighted by molar-refractivity contribution is -0.139. The van der Waals surface area contributed by atoms with Gasteiger partial charge < -0.3 is 14.6 Å². The quantitative estimate of drug-likeness (QED) is 0.843. The summed E-state index contributed by atoms with van der Waals surface area (Å²) in [7, 11) is 0. The van der Waals surface area contributed by atoms with Crippen molar-refractivity contribution >= 4 is 5.91 Å². The van der Waals surface area contributed by atoms with Crippen LogP contribution in [0.3, 0.4) is 0 Å². The Labute approximate surface area is 130 Å². The Morgan fingerprint density at radius 2 is 1.83 bits per heavy atom. The minimum atomic E-state index is -4.56. The Hall–Kier alpha value is -1.87. The predicted molar refractivity (Wildman–Crippen MR) is 75.8 cm³/mol. The molecule has 0 spiro atoms. The van der Waals surface area contributed by atoms with Crippen LogP contribution in [0.25, 0.3) is 0 Å². The smallest absolute Gasteiger partial charge is 0.395 e. The lowest BCUT2D eigenvalue weighted by Crippen LogP contribution is -2.50. The first-order valence-corrected chi connectivity index (χ1v) is 7.20. The number of carbonyl (C=O) groups excluding carboxylic acids is 1. The highest BCUT2D eigenvalue weighted by molar-refractivity contribution is 5.76. The van der Waals surface area contributed by atoms with E-state index in [4.69, 9.17) is 5.11 Å². The molecule has 0 atom stereocenters. The van der Waals surface area contributed by atoms with Gasteiger partial charge in [-0.25, -0.2) is 0 Å². The van der Waals surface area contributed by atoms with Gasteiger partial charge in [-0.2, -0.15) is 13.2 Å². The number of hydrogen-bond donors (Lipinski definition) is 1. The molecular formula is C14H18F3N3O3. The van der Waals surface area contributed by atoms with Crippen LogP contribution in [0, 0.1) is 0 Å². The van der Waals surface area contributed by atoms with Crippen LogP contribution in [-0.2, 0) is 17.5 Å². The topological polar surface area (TPSA) is 65.8 Å². The standard InChI is InChI=1S/C14H18F3N3O3/c15-14(16,17)11-1-2-12(22)20(9-11)10-13(23)19-5-3-18(4-6-19)7-8-21/h1-2,9,21H,3-8,10H2. The Bertz CT molecular complexity index is 607. The molecule has 2 heterocycles. The van der Waals surface area contributed by atoms with E-state index in [0.29, 0.717) is 45.0 Å². The number of aliphatic hydroxyl groups is 1. The second-order valence-corrected chi connectivity index (χ2v) is 5.33. The largest absolute Gasteiger partial charge is 0.417 e. The summed E-state index contributed by atoms with van der Waals surface area (Å²) < 4.78 is 38.8. The highest BCUT2D eigenvalue weighted by Crippen LogP contribution is 2.28. The van der Waals surface area contributed by atoms with Crippen LogP contribution < -0.4 is 5.56 Å². The highest BCUT2D eigenvalue weighted by Gasteiger charge is 2.31. The number of aromatic nitrogens is 1. The third kappa shape index (κ3) is 4.55. The van der Waals surface area contributed by atoms with Crippen molar-refractivity contribution < 1.29 is 23.1 Å². The molecule has 2 rings (SSSR count). The normalized spacial score (nSPS) is 16.6. The number of aliphatic hydroxyl groups excluding tert-OH is 1. The monoisotopic (exact) mass is 333 g/mol. The highest BCUT2D eigenvalue weighted by atomic mass is 19.4. The molecule has 0 radical (unpaired) electrons. The van der Waals surface area contributed by atoms with E-state index in [1.165, 1.54) is 4.90 Å². The summed E-state index contributed by atoms with van der Waals surface area (Å²) in [5.41, 5.74) is -1.61. The minimum absolute atomic E-state index is 0.0353. The number of amides is 1. The van der Waals surface area contributed by atoms with Gasteiger partial charge in [-0.15, -0.1) is 0 Å². The van der Waals surface area contributed by atoms with Crippen LogP contribution in [-0.4, -0.2) is 64.7 Å². The molecule has 1 aliphatic heterocycles. The molecule has 1 amide bonds. The van der Waals surface area contributed by atoms with Crippen LogP contribution in [0.1, 0.15) is 5.56 Å². The fourth-order valence-corrected chi connectivity index (χ4v) is 2.43. The second-order valence-electron chi connectivity index (χ2n) is 5.33. The third-order valence-corrected chi connectivity index (χ3v) is 3.76. The second kappa shape index (κ2) is 7.14. The van der Waals surface area contributed by atoms with E-state index in [1.807, 2.05) is 4.90 Å². The van der Waals surface area contributed by atoms with E-state index in [0.717, 1.165) is 10.6 Å². The lowest BCUT2D eigenvalue weighted by Gasteiger charge is -2.34. The van der Waals surface area contributed by atoms with Gasteiger partial charge in [0.1, 0.15) is 6.54 Å². The number of rotatable bonds is 4. The summed E-state index contributed by atoms with van der Waals surface area (Å²) in [5.74, 6) is -0.393. The first-order chi connectivity index (χ1) is 10.8. The first-order valence-electron chi connectivity index (χ1n) is 7.20. The summed E-state index contributed by atoms with van der Waals surface area (Å²) in [5, 5.41) is 8.86. The van der Waals surface area contributed by atoms with Gasteiger partial charge in [0.05, 0.1) is 12.2 Å². The van der Waals surface area contributed by atoms with Crippen molar-refractivity contribution in [2.45, 2.75) is 12.7 Å². The number of halogens is 3. The average Bonchev–Trinajstić information content (AvgIpc) is 2.49. The molecule has 23 heavy (non-hydrogen) atoms. The van der Waals surface area contributed by atoms with Crippen molar-refractivity contribution in [1.29, 1.82) is 0 Å². The van der Waals surface area contributed by atoms with Gasteiger partial charge in [0.15, 0.2) is 0 Å². The number of nitrogens with zero attached hydrogens (tertiary/aromatic N) is 3. The summed E-state index contributed by atoms with van der Waals surface area (Å²) in [6, 6.07) is 1.52. The molecule has 0 aliphatic carbocycles. The van der Waals surface area contributed by atoms with Crippen molar-refractivity contribution in [2.75, 3.05) is 39.3 Å². The van der Waals surface area contributed by atoms with Crippen LogP contribution >= 0.6 is 0 Å². The maximum Gasteiger partial charge on any atom is 0.417 e. The Kier molecular flexibility index (Phi) is 5.42. The van der Waals surface area contributed by atoms with Crippen molar-refractivity contribution in [3.05, 3.63) is 34.2 Å². The maximum absolute atomic E-state index is 12.7. The summed E-state index contributed by atoms with van der Waals surface area (Å²) in [6.45, 7) is 2.16. The number of alkyl halides is 3. The lowest BCUT2D eigenvalue weighted by atomic mass is 10.2. The number of β-amino-alcohol motifs (C(OH)–C–C–N with tert-alkyl or cyclic N) is 1. The average molecular weight is 333 g/mol. The van der Waals surface area contributed by atoms with E-state index >= 15 is 0 Å². The molecule has 0 bridgehead atoms. The van der Waals surface area contributed by atoms with Crippen LogP contribution in [0.15, 0.2) is 23.1 Å².